The number of benzene rings is 1. The molecule has 16 heavy (non-hydrogen) atoms. The molecular formula is C13H15F2N. The van der Waals surface area contributed by atoms with Crippen molar-refractivity contribution >= 4 is 0 Å². The van der Waals surface area contributed by atoms with Crippen molar-refractivity contribution < 1.29 is 8.78 Å². The summed E-state index contributed by atoms with van der Waals surface area (Å²) in [5.41, 5.74) is 0.601. The van der Waals surface area contributed by atoms with E-state index in [9.17, 15) is 8.78 Å². The predicted molar refractivity (Wildman–Crippen MR) is 60.9 cm³/mol. The number of aryl methyl sites for hydroxylation is 1. The Morgan fingerprint density at radius 2 is 1.88 bits per heavy atom. The Bertz CT molecular complexity index is 421. The molecule has 1 aromatic carbocycles. The number of rotatable bonds is 3. The first-order valence-electron chi connectivity index (χ1n) is 5.13. The average Bonchev–Trinajstić information content (AvgIpc) is 2.23. The van der Waals surface area contributed by atoms with Gasteiger partial charge in [0, 0.05) is 11.6 Å². The zero-order valence-corrected chi connectivity index (χ0v) is 9.64. The molecule has 0 spiro atoms. The van der Waals surface area contributed by atoms with Crippen LogP contribution in [0.3, 0.4) is 0 Å². The third kappa shape index (κ3) is 2.80. The van der Waals surface area contributed by atoms with Gasteiger partial charge in [0.1, 0.15) is 11.6 Å². The third-order valence-electron chi connectivity index (χ3n) is 2.49. The van der Waals surface area contributed by atoms with Crippen molar-refractivity contribution in [2.24, 2.45) is 0 Å². The van der Waals surface area contributed by atoms with Crippen LogP contribution in [0.2, 0.25) is 0 Å². The summed E-state index contributed by atoms with van der Waals surface area (Å²) < 4.78 is 26.9. The maximum Gasteiger partial charge on any atom is 0.128 e. The van der Waals surface area contributed by atoms with Crippen LogP contribution in [-0.4, -0.2) is 6.04 Å². The van der Waals surface area contributed by atoms with E-state index in [1.165, 1.54) is 19.1 Å². The summed E-state index contributed by atoms with van der Waals surface area (Å²) in [6, 6.07) is 1.91. The molecule has 2 atom stereocenters. The van der Waals surface area contributed by atoms with Crippen LogP contribution in [0, 0.1) is 30.9 Å². The topological polar surface area (TPSA) is 12.0 Å². The molecule has 1 nitrogen and oxygen atoms in total. The third-order valence-corrected chi connectivity index (χ3v) is 2.49. The molecule has 0 aliphatic carbocycles. The summed E-state index contributed by atoms with van der Waals surface area (Å²) in [5.74, 6) is 1.67. The molecule has 86 valence electrons. The van der Waals surface area contributed by atoms with Crippen molar-refractivity contribution in [2.45, 2.75) is 32.9 Å². The Morgan fingerprint density at radius 1 is 1.25 bits per heavy atom. The molecule has 2 unspecified atom stereocenters. The quantitative estimate of drug-likeness (QED) is 0.777. The first-order valence-corrected chi connectivity index (χ1v) is 5.13. The lowest BCUT2D eigenvalue weighted by molar-refractivity contribution is 0.502. The Morgan fingerprint density at radius 3 is 2.44 bits per heavy atom. The van der Waals surface area contributed by atoms with Crippen molar-refractivity contribution in [1.82, 2.24) is 5.32 Å². The molecule has 1 aromatic rings. The van der Waals surface area contributed by atoms with E-state index in [0.717, 1.165) is 0 Å². The zero-order chi connectivity index (χ0) is 12.3. The largest absolute Gasteiger partial charge is 0.297 e. The van der Waals surface area contributed by atoms with Crippen molar-refractivity contribution in [1.29, 1.82) is 0 Å². The normalized spacial score (nSPS) is 14.2. The van der Waals surface area contributed by atoms with Gasteiger partial charge < -0.3 is 0 Å². The van der Waals surface area contributed by atoms with Crippen LogP contribution in [0.1, 0.15) is 31.0 Å². The van der Waals surface area contributed by atoms with Gasteiger partial charge in [0.2, 0.25) is 0 Å². The second-order valence-corrected chi connectivity index (χ2v) is 3.90. The molecule has 1 N–H and O–H groups in total. The number of nitrogens with one attached hydrogen (secondary N) is 1. The predicted octanol–water partition coefficient (Wildman–Crippen LogP) is 2.95. The molecule has 0 heterocycles. The van der Waals surface area contributed by atoms with Crippen LogP contribution < -0.4 is 5.32 Å². The molecule has 0 fully saturated rings. The van der Waals surface area contributed by atoms with Gasteiger partial charge in [0.25, 0.3) is 0 Å². The van der Waals surface area contributed by atoms with Crippen LogP contribution >= 0.6 is 0 Å². The van der Waals surface area contributed by atoms with Gasteiger partial charge in [-0.1, -0.05) is 5.92 Å². The highest BCUT2D eigenvalue weighted by molar-refractivity contribution is 5.27. The van der Waals surface area contributed by atoms with Gasteiger partial charge in [-0.3, -0.25) is 5.32 Å². The van der Waals surface area contributed by atoms with E-state index in [-0.39, 0.29) is 12.1 Å². The van der Waals surface area contributed by atoms with E-state index in [2.05, 4.69) is 11.2 Å². The van der Waals surface area contributed by atoms with Crippen molar-refractivity contribution in [2.75, 3.05) is 0 Å². The molecule has 0 saturated carbocycles. The minimum Gasteiger partial charge on any atom is -0.297 e. The summed E-state index contributed by atoms with van der Waals surface area (Å²) in [7, 11) is 0. The second-order valence-electron chi connectivity index (χ2n) is 3.90. The summed E-state index contributed by atoms with van der Waals surface area (Å²) >= 11 is 0. The fraction of sp³-hybridized carbons (Fsp3) is 0.385. The van der Waals surface area contributed by atoms with E-state index in [4.69, 9.17) is 6.42 Å². The van der Waals surface area contributed by atoms with E-state index in [1.807, 2.05) is 0 Å². The summed E-state index contributed by atoms with van der Waals surface area (Å²) in [5, 5.41) is 2.99. The van der Waals surface area contributed by atoms with Crippen molar-refractivity contribution in [3.8, 4) is 12.3 Å². The Balaban J connectivity index is 2.96. The molecule has 0 saturated heterocycles. The van der Waals surface area contributed by atoms with Crippen molar-refractivity contribution in [3.05, 3.63) is 34.9 Å². The van der Waals surface area contributed by atoms with Crippen LogP contribution in [-0.2, 0) is 0 Å². The molecule has 0 aliphatic heterocycles. The van der Waals surface area contributed by atoms with Crippen molar-refractivity contribution in [3.63, 3.8) is 0 Å². The summed E-state index contributed by atoms with van der Waals surface area (Å²) in [6.07, 6.45) is 5.21. The Hall–Kier alpha value is -1.40. The highest BCUT2D eigenvalue weighted by Gasteiger charge is 2.14. The van der Waals surface area contributed by atoms with Crippen LogP contribution in [0.5, 0.6) is 0 Å². The van der Waals surface area contributed by atoms with E-state index < -0.39 is 11.6 Å². The Kier molecular flexibility index (Phi) is 4.03. The van der Waals surface area contributed by atoms with Crippen LogP contribution in [0.4, 0.5) is 8.78 Å². The lowest BCUT2D eigenvalue weighted by Crippen LogP contribution is -2.28. The van der Waals surface area contributed by atoms with Gasteiger partial charge in [-0.05, 0) is 38.5 Å². The molecule has 0 aliphatic rings. The van der Waals surface area contributed by atoms with Gasteiger partial charge in [0.05, 0.1) is 6.04 Å². The fourth-order valence-corrected chi connectivity index (χ4v) is 1.51. The number of halogens is 2. The highest BCUT2D eigenvalue weighted by Crippen LogP contribution is 2.20. The monoisotopic (exact) mass is 223 g/mol. The average molecular weight is 223 g/mol. The molecule has 0 bridgehead atoms. The standard InChI is InChI=1S/C13H15F2N/c1-5-9(3)16-10(4)11-7-12(14)8(2)6-13(11)15/h1,6-7,9-10,16H,2-4H3. The van der Waals surface area contributed by atoms with E-state index >= 15 is 0 Å². The van der Waals surface area contributed by atoms with E-state index in [1.54, 1.807) is 13.8 Å². The lowest BCUT2D eigenvalue weighted by atomic mass is 10.0. The summed E-state index contributed by atoms with van der Waals surface area (Å²) in [4.78, 5) is 0. The molecule has 0 amide bonds. The number of terminal acetylenes is 1. The first kappa shape index (κ1) is 12.7. The lowest BCUT2D eigenvalue weighted by Gasteiger charge is -2.17. The highest BCUT2D eigenvalue weighted by atomic mass is 19.1. The smallest absolute Gasteiger partial charge is 0.128 e. The maximum absolute atomic E-state index is 13.6. The Labute approximate surface area is 94.9 Å². The zero-order valence-electron chi connectivity index (χ0n) is 9.64. The number of hydrogen-bond donors (Lipinski definition) is 1. The minimum atomic E-state index is -0.414. The van der Waals surface area contributed by atoms with Crippen LogP contribution in [0.15, 0.2) is 12.1 Å². The molecule has 0 aromatic heterocycles. The van der Waals surface area contributed by atoms with Gasteiger partial charge in [-0.2, -0.15) is 0 Å². The van der Waals surface area contributed by atoms with Gasteiger partial charge >= 0.3 is 0 Å². The van der Waals surface area contributed by atoms with Gasteiger partial charge in [-0.15, -0.1) is 6.42 Å². The minimum absolute atomic E-state index is 0.182. The molecular weight excluding hydrogens is 208 g/mol. The first-order chi connectivity index (χ1) is 7.45. The van der Waals surface area contributed by atoms with Crippen LogP contribution in [0.25, 0.3) is 0 Å². The van der Waals surface area contributed by atoms with E-state index in [0.29, 0.717) is 11.1 Å². The molecule has 0 radical (unpaired) electrons. The number of hydrogen-bond acceptors (Lipinski definition) is 1. The van der Waals surface area contributed by atoms with Gasteiger partial charge in [-0.25, -0.2) is 8.78 Å². The fourth-order valence-electron chi connectivity index (χ4n) is 1.51. The SMILES string of the molecule is C#CC(C)NC(C)c1cc(F)c(C)cc1F. The molecule has 1 rings (SSSR count). The van der Waals surface area contributed by atoms with Gasteiger partial charge in [0.15, 0.2) is 0 Å². The molecule has 3 heteroatoms. The second kappa shape index (κ2) is 5.09. The maximum atomic E-state index is 13.6. The summed E-state index contributed by atoms with van der Waals surface area (Å²) in [6.45, 7) is 5.07.